The van der Waals surface area contributed by atoms with Crippen LogP contribution in [0.4, 0.5) is 4.39 Å². The number of likely N-dealkylation sites (tertiary alicyclic amines) is 1. The molecule has 0 aromatic heterocycles. The summed E-state index contributed by atoms with van der Waals surface area (Å²) in [5.74, 6) is -0.454. The first-order valence-corrected chi connectivity index (χ1v) is 7.28. The first-order chi connectivity index (χ1) is 10.1. The quantitative estimate of drug-likeness (QED) is 0.812. The lowest BCUT2D eigenvalue weighted by molar-refractivity contribution is 0.0735. The average molecular weight is 283 g/mol. The third kappa shape index (κ3) is 2.82. The van der Waals surface area contributed by atoms with Gasteiger partial charge in [-0.15, -0.1) is 0 Å². The molecular formula is C18H18FNO. The maximum absolute atomic E-state index is 13.3. The molecule has 1 amide bonds. The molecule has 3 rings (SSSR count). The van der Waals surface area contributed by atoms with Crippen LogP contribution in [-0.4, -0.2) is 17.4 Å². The van der Waals surface area contributed by atoms with Crippen molar-refractivity contribution in [2.45, 2.75) is 25.8 Å². The Labute approximate surface area is 124 Å². The summed E-state index contributed by atoms with van der Waals surface area (Å²) < 4.78 is 13.3. The summed E-state index contributed by atoms with van der Waals surface area (Å²) in [7, 11) is 0. The van der Waals surface area contributed by atoms with Gasteiger partial charge in [-0.05, 0) is 43.5 Å². The molecule has 1 saturated heterocycles. The lowest BCUT2D eigenvalue weighted by Crippen LogP contribution is -2.30. The number of amides is 1. The van der Waals surface area contributed by atoms with Crippen LogP contribution >= 0.6 is 0 Å². The van der Waals surface area contributed by atoms with Crippen LogP contribution in [0.3, 0.4) is 0 Å². The van der Waals surface area contributed by atoms with E-state index >= 15 is 0 Å². The molecule has 0 N–H and O–H groups in total. The molecule has 0 saturated carbocycles. The van der Waals surface area contributed by atoms with Crippen LogP contribution in [0.1, 0.15) is 40.4 Å². The van der Waals surface area contributed by atoms with Crippen molar-refractivity contribution in [3.8, 4) is 0 Å². The fourth-order valence-corrected chi connectivity index (χ4v) is 2.93. The Morgan fingerprint density at radius 1 is 1.19 bits per heavy atom. The molecule has 1 heterocycles. The monoisotopic (exact) mass is 283 g/mol. The van der Waals surface area contributed by atoms with Crippen molar-refractivity contribution in [1.29, 1.82) is 0 Å². The standard InChI is InChI=1S/C18H18FNO/c1-13-7-9-14(10-8-13)17-6-3-11-20(17)18(21)15-4-2-5-16(19)12-15/h2,4-5,7-10,12,17H,3,6,11H2,1H3/t17-/m1/s1. The number of carbonyl (C=O) groups excluding carboxylic acids is 1. The molecule has 0 radical (unpaired) electrons. The van der Waals surface area contributed by atoms with E-state index in [2.05, 4.69) is 24.3 Å². The van der Waals surface area contributed by atoms with Crippen LogP contribution in [0.2, 0.25) is 0 Å². The van der Waals surface area contributed by atoms with E-state index in [-0.39, 0.29) is 17.8 Å². The van der Waals surface area contributed by atoms with Gasteiger partial charge in [0.05, 0.1) is 6.04 Å². The summed E-state index contributed by atoms with van der Waals surface area (Å²) in [4.78, 5) is 14.5. The minimum atomic E-state index is -0.369. The van der Waals surface area contributed by atoms with E-state index in [1.54, 1.807) is 12.1 Å². The Morgan fingerprint density at radius 3 is 2.67 bits per heavy atom. The molecule has 21 heavy (non-hydrogen) atoms. The van der Waals surface area contributed by atoms with Gasteiger partial charge < -0.3 is 4.90 Å². The van der Waals surface area contributed by atoms with Crippen molar-refractivity contribution < 1.29 is 9.18 Å². The third-order valence-electron chi connectivity index (χ3n) is 4.05. The summed E-state index contributed by atoms with van der Waals surface area (Å²) in [6.45, 7) is 2.78. The van der Waals surface area contributed by atoms with Crippen LogP contribution in [0.25, 0.3) is 0 Å². The van der Waals surface area contributed by atoms with Gasteiger partial charge in [0.25, 0.3) is 5.91 Å². The maximum Gasteiger partial charge on any atom is 0.254 e. The molecule has 0 unspecified atom stereocenters. The Hall–Kier alpha value is -2.16. The predicted molar refractivity (Wildman–Crippen MR) is 80.6 cm³/mol. The van der Waals surface area contributed by atoms with Crippen molar-refractivity contribution in [3.05, 3.63) is 71.0 Å². The topological polar surface area (TPSA) is 20.3 Å². The number of carbonyl (C=O) groups is 1. The number of hydrogen-bond donors (Lipinski definition) is 0. The molecule has 2 aromatic carbocycles. The summed E-state index contributed by atoms with van der Waals surface area (Å²) >= 11 is 0. The summed E-state index contributed by atoms with van der Waals surface area (Å²) in [6.07, 6.45) is 1.95. The van der Waals surface area contributed by atoms with Gasteiger partial charge in [0.2, 0.25) is 0 Å². The van der Waals surface area contributed by atoms with Gasteiger partial charge in [0.1, 0.15) is 5.82 Å². The largest absolute Gasteiger partial charge is 0.332 e. The number of nitrogens with zero attached hydrogens (tertiary/aromatic N) is 1. The molecule has 1 fully saturated rings. The van der Waals surface area contributed by atoms with Gasteiger partial charge >= 0.3 is 0 Å². The van der Waals surface area contributed by atoms with Crippen LogP contribution in [0, 0.1) is 12.7 Å². The Kier molecular flexibility index (Phi) is 3.74. The van der Waals surface area contributed by atoms with Crippen LogP contribution < -0.4 is 0 Å². The predicted octanol–water partition coefficient (Wildman–Crippen LogP) is 4.11. The lowest BCUT2D eigenvalue weighted by Gasteiger charge is -2.25. The van der Waals surface area contributed by atoms with E-state index < -0.39 is 0 Å². The van der Waals surface area contributed by atoms with Gasteiger partial charge in [-0.2, -0.15) is 0 Å². The maximum atomic E-state index is 13.3. The number of aryl methyl sites for hydroxylation is 1. The molecule has 1 atom stereocenters. The first kappa shape index (κ1) is 13.8. The van der Waals surface area contributed by atoms with Crippen molar-refractivity contribution in [2.24, 2.45) is 0 Å². The fraction of sp³-hybridized carbons (Fsp3) is 0.278. The van der Waals surface area contributed by atoms with Crippen molar-refractivity contribution in [1.82, 2.24) is 4.90 Å². The lowest BCUT2D eigenvalue weighted by atomic mass is 10.0. The summed E-state index contributed by atoms with van der Waals surface area (Å²) in [6, 6.07) is 14.3. The first-order valence-electron chi connectivity index (χ1n) is 7.28. The summed E-state index contributed by atoms with van der Waals surface area (Å²) in [5.41, 5.74) is 2.79. The second-order valence-corrected chi connectivity index (χ2v) is 5.58. The zero-order chi connectivity index (χ0) is 14.8. The Balaban J connectivity index is 1.87. The molecule has 108 valence electrons. The third-order valence-corrected chi connectivity index (χ3v) is 4.05. The van der Waals surface area contributed by atoms with Crippen LogP contribution in [0.15, 0.2) is 48.5 Å². The zero-order valence-corrected chi connectivity index (χ0v) is 12.1. The number of rotatable bonds is 2. The highest BCUT2D eigenvalue weighted by Gasteiger charge is 2.30. The highest BCUT2D eigenvalue weighted by Crippen LogP contribution is 2.33. The number of benzene rings is 2. The van der Waals surface area contributed by atoms with Crippen molar-refractivity contribution >= 4 is 5.91 Å². The van der Waals surface area contributed by atoms with Gasteiger partial charge in [0, 0.05) is 12.1 Å². The van der Waals surface area contributed by atoms with E-state index in [0.717, 1.165) is 24.9 Å². The smallest absolute Gasteiger partial charge is 0.254 e. The molecule has 0 spiro atoms. The van der Waals surface area contributed by atoms with E-state index in [1.165, 1.54) is 17.7 Å². The molecule has 3 heteroatoms. The Bertz CT molecular complexity index is 651. The minimum absolute atomic E-state index is 0.0856. The Morgan fingerprint density at radius 2 is 1.95 bits per heavy atom. The molecule has 1 aliphatic heterocycles. The van der Waals surface area contributed by atoms with Gasteiger partial charge in [0.15, 0.2) is 0 Å². The van der Waals surface area contributed by atoms with E-state index in [4.69, 9.17) is 0 Å². The second kappa shape index (κ2) is 5.68. The number of hydrogen-bond acceptors (Lipinski definition) is 1. The second-order valence-electron chi connectivity index (χ2n) is 5.58. The average Bonchev–Trinajstić information content (AvgIpc) is 2.96. The molecule has 1 aliphatic rings. The van der Waals surface area contributed by atoms with E-state index in [0.29, 0.717) is 5.56 Å². The molecular weight excluding hydrogens is 265 g/mol. The number of halogens is 1. The fourth-order valence-electron chi connectivity index (χ4n) is 2.93. The van der Waals surface area contributed by atoms with Crippen molar-refractivity contribution in [2.75, 3.05) is 6.54 Å². The van der Waals surface area contributed by atoms with Crippen molar-refractivity contribution in [3.63, 3.8) is 0 Å². The highest BCUT2D eigenvalue weighted by molar-refractivity contribution is 5.94. The summed E-state index contributed by atoms with van der Waals surface area (Å²) in [5, 5.41) is 0. The SMILES string of the molecule is Cc1ccc([C@H]2CCCN2C(=O)c2cccc(F)c2)cc1. The van der Waals surface area contributed by atoms with Gasteiger partial charge in [-0.3, -0.25) is 4.79 Å². The normalized spacial score (nSPS) is 18.0. The molecule has 0 bridgehead atoms. The minimum Gasteiger partial charge on any atom is -0.332 e. The molecule has 2 nitrogen and oxygen atoms in total. The van der Waals surface area contributed by atoms with Gasteiger partial charge in [-0.1, -0.05) is 35.9 Å². The van der Waals surface area contributed by atoms with E-state index in [9.17, 15) is 9.18 Å². The zero-order valence-electron chi connectivity index (χ0n) is 12.1. The molecule has 0 aliphatic carbocycles. The highest BCUT2D eigenvalue weighted by atomic mass is 19.1. The van der Waals surface area contributed by atoms with E-state index in [1.807, 2.05) is 11.8 Å². The van der Waals surface area contributed by atoms with Crippen LogP contribution in [-0.2, 0) is 0 Å². The van der Waals surface area contributed by atoms with Crippen LogP contribution in [0.5, 0.6) is 0 Å². The van der Waals surface area contributed by atoms with Gasteiger partial charge in [-0.25, -0.2) is 4.39 Å². The molecule has 2 aromatic rings.